The molecule has 1 aliphatic rings. The molecule has 1 fully saturated rings. The molecule has 3 N–H and O–H groups in total. The number of hydrogen-bond acceptors (Lipinski definition) is 4. The summed E-state index contributed by atoms with van der Waals surface area (Å²) in [6.07, 6.45) is 6.51. The molecule has 0 aliphatic heterocycles. The molecular formula is C10H13N5. The Bertz CT molecular complexity index is 484. The van der Waals surface area contributed by atoms with Crippen LogP contribution in [0.15, 0.2) is 6.33 Å². The van der Waals surface area contributed by atoms with Crippen LogP contribution in [0.2, 0.25) is 0 Å². The lowest BCUT2D eigenvalue weighted by Crippen LogP contribution is -2.04. The summed E-state index contributed by atoms with van der Waals surface area (Å²) in [4.78, 5) is 15.9. The predicted octanol–water partition coefficient (Wildman–Crippen LogP) is 1.59. The lowest BCUT2D eigenvalue weighted by Gasteiger charge is -2.07. The van der Waals surface area contributed by atoms with Gasteiger partial charge in [-0.15, -0.1) is 0 Å². The Morgan fingerprint density at radius 2 is 2.07 bits per heavy atom. The first kappa shape index (κ1) is 8.64. The Labute approximate surface area is 87.1 Å². The summed E-state index contributed by atoms with van der Waals surface area (Å²) < 4.78 is 0. The van der Waals surface area contributed by atoms with Gasteiger partial charge in [-0.05, 0) is 12.8 Å². The van der Waals surface area contributed by atoms with Crippen LogP contribution < -0.4 is 5.73 Å². The molecule has 0 spiro atoms. The number of nitrogen functional groups attached to an aromatic ring is 1. The van der Waals surface area contributed by atoms with Crippen LogP contribution in [0.1, 0.15) is 37.4 Å². The lowest BCUT2D eigenvalue weighted by molar-refractivity contribution is 0.673. The normalized spacial score (nSPS) is 17.6. The summed E-state index contributed by atoms with van der Waals surface area (Å²) in [7, 11) is 0. The Morgan fingerprint density at radius 3 is 2.87 bits per heavy atom. The maximum atomic E-state index is 5.84. The molecule has 3 rings (SSSR count). The minimum Gasteiger partial charge on any atom is -0.382 e. The van der Waals surface area contributed by atoms with Gasteiger partial charge in [0.25, 0.3) is 0 Å². The minimum atomic E-state index is 0.486. The minimum absolute atomic E-state index is 0.486. The van der Waals surface area contributed by atoms with E-state index >= 15 is 0 Å². The van der Waals surface area contributed by atoms with Gasteiger partial charge in [0.1, 0.15) is 11.3 Å². The molecule has 1 saturated carbocycles. The molecular weight excluding hydrogens is 190 g/mol. The monoisotopic (exact) mass is 203 g/mol. The number of fused-ring (bicyclic) bond motifs is 1. The van der Waals surface area contributed by atoms with Gasteiger partial charge in [0.05, 0.1) is 6.33 Å². The summed E-state index contributed by atoms with van der Waals surface area (Å²) >= 11 is 0. The molecule has 15 heavy (non-hydrogen) atoms. The van der Waals surface area contributed by atoms with Crippen molar-refractivity contribution in [1.82, 2.24) is 19.9 Å². The van der Waals surface area contributed by atoms with Gasteiger partial charge in [0.15, 0.2) is 11.5 Å². The standard InChI is InChI=1S/C10H13N5/c11-8-7-10(13-5-12-7)15-9(14-8)6-3-1-2-4-6/h5-6H,1-4H2,(H3,11,12,13,14,15). The maximum absolute atomic E-state index is 5.84. The Kier molecular flexibility index (Phi) is 1.83. The smallest absolute Gasteiger partial charge is 0.163 e. The molecule has 0 bridgehead atoms. The van der Waals surface area contributed by atoms with E-state index in [0.29, 0.717) is 17.3 Å². The molecule has 0 unspecified atom stereocenters. The van der Waals surface area contributed by atoms with Crippen molar-refractivity contribution in [2.75, 3.05) is 5.73 Å². The second-order valence-electron chi connectivity index (χ2n) is 4.05. The Hall–Kier alpha value is -1.65. The van der Waals surface area contributed by atoms with Gasteiger partial charge in [0.2, 0.25) is 0 Å². The first-order valence-corrected chi connectivity index (χ1v) is 5.31. The van der Waals surface area contributed by atoms with E-state index in [1.807, 2.05) is 0 Å². The molecule has 5 heteroatoms. The van der Waals surface area contributed by atoms with Crippen molar-refractivity contribution in [3.63, 3.8) is 0 Å². The van der Waals surface area contributed by atoms with E-state index in [2.05, 4.69) is 19.9 Å². The van der Waals surface area contributed by atoms with Gasteiger partial charge in [-0.3, -0.25) is 0 Å². The quantitative estimate of drug-likeness (QED) is 0.737. The lowest BCUT2D eigenvalue weighted by atomic mass is 10.1. The van der Waals surface area contributed by atoms with Gasteiger partial charge in [-0.1, -0.05) is 12.8 Å². The van der Waals surface area contributed by atoms with Crippen molar-refractivity contribution in [3.8, 4) is 0 Å². The number of H-pyrrole nitrogens is 1. The van der Waals surface area contributed by atoms with Gasteiger partial charge in [0, 0.05) is 5.92 Å². The first-order valence-electron chi connectivity index (χ1n) is 5.31. The summed E-state index contributed by atoms with van der Waals surface area (Å²) in [5, 5.41) is 0. The third-order valence-electron chi connectivity index (χ3n) is 3.04. The number of rotatable bonds is 1. The highest BCUT2D eigenvalue weighted by molar-refractivity contribution is 5.80. The fourth-order valence-corrected chi connectivity index (χ4v) is 2.24. The average Bonchev–Trinajstić information content (AvgIpc) is 2.88. The van der Waals surface area contributed by atoms with Crippen molar-refractivity contribution < 1.29 is 0 Å². The highest BCUT2D eigenvalue weighted by Crippen LogP contribution is 2.33. The van der Waals surface area contributed by atoms with Crippen LogP contribution in [0, 0.1) is 0 Å². The van der Waals surface area contributed by atoms with E-state index in [0.717, 1.165) is 11.5 Å². The highest BCUT2D eigenvalue weighted by atomic mass is 15.0. The first-order chi connectivity index (χ1) is 7.34. The van der Waals surface area contributed by atoms with E-state index < -0.39 is 0 Å². The topological polar surface area (TPSA) is 80.5 Å². The summed E-state index contributed by atoms with van der Waals surface area (Å²) in [6, 6.07) is 0. The Balaban J connectivity index is 2.11. The van der Waals surface area contributed by atoms with Crippen LogP contribution in [0.4, 0.5) is 5.82 Å². The number of nitrogens with zero attached hydrogens (tertiary/aromatic N) is 3. The molecule has 2 aromatic rings. The van der Waals surface area contributed by atoms with Gasteiger partial charge in [-0.2, -0.15) is 0 Å². The zero-order valence-electron chi connectivity index (χ0n) is 8.40. The second-order valence-corrected chi connectivity index (χ2v) is 4.05. The molecule has 0 radical (unpaired) electrons. The van der Waals surface area contributed by atoms with Crippen LogP contribution in [0.5, 0.6) is 0 Å². The summed E-state index contributed by atoms with van der Waals surface area (Å²) in [5.74, 6) is 1.85. The number of imidazole rings is 1. The van der Waals surface area contributed by atoms with Crippen LogP contribution in [-0.4, -0.2) is 19.9 Å². The van der Waals surface area contributed by atoms with Crippen molar-refractivity contribution in [2.45, 2.75) is 31.6 Å². The van der Waals surface area contributed by atoms with Gasteiger partial charge >= 0.3 is 0 Å². The van der Waals surface area contributed by atoms with Crippen molar-refractivity contribution in [3.05, 3.63) is 12.2 Å². The number of nitrogens with two attached hydrogens (primary N) is 1. The molecule has 5 nitrogen and oxygen atoms in total. The van der Waals surface area contributed by atoms with E-state index in [9.17, 15) is 0 Å². The molecule has 78 valence electrons. The summed E-state index contributed by atoms with van der Waals surface area (Å²) in [5.41, 5.74) is 7.27. The second kappa shape index (κ2) is 3.18. The molecule has 0 aromatic carbocycles. The molecule has 0 amide bonds. The highest BCUT2D eigenvalue weighted by Gasteiger charge is 2.21. The Morgan fingerprint density at radius 1 is 1.27 bits per heavy atom. The van der Waals surface area contributed by atoms with Crippen molar-refractivity contribution in [2.24, 2.45) is 0 Å². The number of hydrogen-bond donors (Lipinski definition) is 2. The predicted molar refractivity (Wildman–Crippen MR) is 57.3 cm³/mol. The van der Waals surface area contributed by atoms with Crippen LogP contribution in [-0.2, 0) is 0 Å². The third kappa shape index (κ3) is 1.35. The van der Waals surface area contributed by atoms with Crippen LogP contribution >= 0.6 is 0 Å². The van der Waals surface area contributed by atoms with Crippen LogP contribution in [0.25, 0.3) is 11.2 Å². The fraction of sp³-hybridized carbons (Fsp3) is 0.500. The fourth-order valence-electron chi connectivity index (χ4n) is 2.24. The molecule has 0 saturated heterocycles. The number of aromatic nitrogens is 4. The molecule has 1 aliphatic carbocycles. The molecule has 2 aromatic heterocycles. The number of aromatic amines is 1. The third-order valence-corrected chi connectivity index (χ3v) is 3.04. The van der Waals surface area contributed by atoms with E-state index in [1.165, 1.54) is 25.7 Å². The number of anilines is 1. The zero-order valence-corrected chi connectivity index (χ0v) is 8.40. The SMILES string of the molecule is Nc1nc(C2CCCC2)nc2[nH]cnc12. The zero-order chi connectivity index (χ0) is 10.3. The van der Waals surface area contributed by atoms with E-state index in [1.54, 1.807) is 6.33 Å². The van der Waals surface area contributed by atoms with Crippen molar-refractivity contribution in [1.29, 1.82) is 0 Å². The van der Waals surface area contributed by atoms with Crippen LogP contribution in [0.3, 0.4) is 0 Å². The van der Waals surface area contributed by atoms with Gasteiger partial charge < -0.3 is 10.7 Å². The maximum Gasteiger partial charge on any atom is 0.163 e. The largest absolute Gasteiger partial charge is 0.382 e. The molecule has 0 atom stereocenters. The van der Waals surface area contributed by atoms with E-state index in [4.69, 9.17) is 5.73 Å². The summed E-state index contributed by atoms with van der Waals surface area (Å²) in [6.45, 7) is 0. The van der Waals surface area contributed by atoms with E-state index in [-0.39, 0.29) is 0 Å². The number of nitrogens with one attached hydrogen (secondary N) is 1. The molecule has 2 heterocycles. The van der Waals surface area contributed by atoms with Gasteiger partial charge in [-0.25, -0.2) is 15.0 Å². The average molecular weight is 203 g/mol. The van der Waals surface area contributed by atoms with Crippen molar-refractivity contribution >= 4 is 17.0 Å².